The van der Waals surface area contributed by atoms with Crippen LogP contribution in [0.3, 0.4) is 0 Å². The molecule has 2 rings (SSSR count). The van der Waals surface area contributed by atoms with Crippen LogP contribution in [0.15, 0.2) is 30.5 Å². The van der Waals surface area contributed by atoms with Gasteiger partial charge in [0, 0.05) is 11.8 Å². The lowest BCUT2D eigenvalue weighted by Crippen LogP contribution is -1.96. The van der Waals surface area contributed by atoms with Gasteiger partial charge in [-0.1, -0.05) is 35.9 Å². The van der Waals surface area contributed by atoms with E-state index in [0.29, 0.717) is 5.15 Å². The fraction of sp³-hybridized carbons (Fsp3) is 0.0909. The van der Waals surface area contributed by atoms with Crippen LogP contribution in [0.2, 0.25) is 5.15 Å². The Kier molecular flexibility index (Phi) is 2.56. The Bertz CT molecular complexity index is 497. The summed E-state index contributed by atoms with van der Waals surface area (Å²) in [5, 5.41) is 0.386. The number of hydrogen-bond donors (Lipinski definition) is 1. The van der Waals surface area contributed by atoms with Crippen molar-refractivity contribution in [1.29, 1.82) is 0 Å². The van der Waals surface area contributed by atoms with Crippen LogP contribution < -0.4 is 5.73 Å². The standard InChI is InChI=1S/C11H10ClN3/c1-7-4-2-3-5-8(7)9-6-14-11(13)15-10(9)12/h2-6H,1H3,(H2,13,14,15). The van der Waals surface area contributed by atoms with Gasteiger partial charge in [0.2, 0.25) is 5.95 Å². The van der Waals surface area contributed by atoms with Gasteiger partial charge in [0.1, 0.15) is 5.15 Å². The van der Waals surface area contributed by atoms with E-state index >= 15 is 0 Å². The molecular formula is C11H10ClN3. The number of rotatable bonds is 1. The predicted molar refractivity (Wildman–Crippen MR) is 61.6 cm³/mol. The monoisotopic (exact) mass is 219 g/mol. The number of hydrogen-bond acceptors (Lipinski definition) is 3. The molecule has 2 aromatic rings. The van der Waals surface area contributed by atoms with Crippen LogP contribution in [0.5, 0.6) is 0 Å². The van der Waals surface area contributed by atoms with Gasteiger partial charge in [0.05, 0.1) is 0 Å². The van der Waals surface area contributed by atoms with Crippen LogP contribution in [0.4, 0.5) is 5.95 Å². The fourth-order valence-electron chi connectivity index (χ4n) is 1.43. The van der Waals surface area contributed by atoms with E-state index in [1.54, 1.807) is 6.20 Å². The van der Waals surface area contributed by atoms with Gasteiger partial charge in [-0.2, -0.15) is 0 Å². The van der Waals surface area contributed by atoms with Gasteiger partial charge < -0.3 is 5.73 Å². The van der Waals surface area contributed by atoms with E-state index < -0.39 is 0 Å². The highest BCUT2D eigenvalue weighted by Gasteiger charge is 2.07. The van der Waals surface area contributed by atoms with Crippen molar-refractivity contribution >= 4 is 17.5 Å². The molecule has 0 saturated carbocycles. The van der Waals surface area contributed by atoms with E-state index in [9.17, 15) is 0 Å². The zero-order valence-electron chi connectivity index (χ0n) is 8.24. The number of nitrogen functional groups attached to an aromatic ring is 1. The first-order valence-corrected chi connectivity index (χ1v) is 4.90. The van der Waals surface area contributed by atoms with E-state index in [4.69, 9.17) is 17.3 Å². The highest BCUT2D eigenvalue weighted by Crippen LogP contribution is 2.28. The summed E-state index contributed by atoms with van der Waals surface area (Å²) >= 11 is 6.00. The Balaban J connectivity index is 2.60. The van der Waals surface area contributed by atoms with Crippen LogP contribution in [0.1, 0.15) is 5.56 Å². The molecule has 0 saturated heterocycles. The van der Waals surface area contributed by atoms with E-state index in [-0.39, 0.29) is 5.95 Å². The molecule has 0 aliphatic rings. The molecule has 2 N–H and O–H groups in total. The summed E-state index contributed by atoms with van der Waals surface area (Å²) in [5.41, 5.74) is 8.41. The number of halogens is 1. The molecular weight excluding hydrogens is 210 g/mol. The lowest BCUT2D eigenvalue weighted by atomic mass is 10.0. The molecule has 4 heteroatoms. The van der Waals surface area contributed by atoms with Crippen molar-refractivity contribution in [2.75, 3.05) is 5.73 Å². The summed E-state index contributed by atoms with van der Waals surface area (Å²) in [4.78, 5) is 7.86. The predicted octanol–water partition coefficient (Wildman–Crippen LogP) is 2.69. The Morgan fingerprint density at radius 3 is 2.60 bits per heavy atom. The molecule has 0 fully saturated rings. The van der Waals surface area contributed by atoms with Gasteiger partial charge >= 0.3 is 0 Å². The summed E-state index contributed by atoms with van der Waals surface area (Å²) in [5.74, 6) is 0.192. The Hall–Kier alpha value is -1.61. The van der Waals surface area contributed by atoms with Crippen LogP contribution in [0, 0.1) is 6.92 Å². The lowest BCUT2D eigenvalue weighted by Gasteiger charge is -2.06. The van der Waals surface area contributed by atoms with Crippen molar-refractivity contribution in [3.05, 3.63) is 41.2 Å². The number of aromatic nitrogens is 2. The largest absolute Gasteiger partial charge is 0.368 e. The number of nitrogens with zero attached hydrogens (tertiary/aromatic N) is 2. The van der Waals surface area contributed by atoms with Crippen molar-refractivity contribution in [3.63, 3.8) is 0 Å². The van der Waals surface area contributed by atoms with E-state index in [1.807, 2.05) is 31.2 Å². The average Bonchev–Trinajstić information content (AvgIpc) is 2.20. The third-order valence-electron chi connectivity index (χ3n) is 2.20. The highest BCUT2D eigenvalue weighted by atomic mass is 35.5. The molecule has 76 valence electrons. The fourth-order valence-corrected chi connectivity index (χ4v) is 1.67. The highest BCUT2D eigenvalue weighted by molar-refractivity contribution is 6.32. The molecule has 0 bridgehead atoms. The average molecular weight is 220 g/mol. The topological polar surface area (TPSA) is 51.8 Å². The minimum atomic E-state index is 0.192. The molecule has 0 atom stereocenters. The van der Waals surface area contributed by atoms with Crippen molar-refractivity contribution in [1.82, 2.24) is 9.97 Å². The third kappa shape index (κ3) is 1.92. The smallest absolute Gasteiger partial charge is 0.221 e. The molecule has 1 heterocycles. The second-order valence-corrected chi connectivity index (χ2v) is 3.61. The molecule has 1 aromatic carbocycles. The van der Waals surface area contributed by atoms with E-state index in [0.717, 1.165) is 16.7 Å². The Morgan fingerprint density at radius 2 is 1.93 bits per heavy atom. The van der Waals surface area contributed by atoms with Crippen LogP contribution in [-0.2, 0) is 0 Å². The number of nitrogens with two attached hydrogens (primary N) is 1. The van der Waals surface area contributed by atoms with Crippen molar-refractivity contribution in [3.8, 4) is 11.1 Å². The number of aryl methyl sites for hydroxylation is 1. The zero-order chi connectivity index (χ0) is 10.8. The quantitative estimate of drug-likeness (QED) is 0.751. The molecule has 0 aliphatic carbocycles. The molecule has 0 spiro atoms. The Morgan fingerprint density at radius 1 is 1.20 bits per heavy atom. The summed E-state index contributed by atoms with van der Waals surface area (Å²) in [7, 11) is 0. The van der Waals surface area contributed by atoms with E-state index in [1.165, 1.54) is 0 Å². The van der Waals surface area contributed by atoms with Crippen molar-refractivity contribution < 1.29 is 0 Å². The summed E-state index contributed by atoms with van der Waals surface area (Å²) in [6.45, 7) is 2.02. The van der Waals surface area contributed by atoms with Crippen LogP contribution >= 0.6 is 11.6 Å². The number of benzene rings is 1. The second-order valence-electron chi connectivity index (χ2n) is 3.25. The maximum atomic E-state index is 6.00. The lowest BCUT2D eigenvalue weighted by molar-refractivity contribution is 1.19. The van der Waals surface area contributed by atoms with Crippen molar-refractivity contribution in [2.45, 2.75) is 6.92 Å². The SMILES string of the molecule is Cc1ccccc1-c1cnc(N)nc1Cl. The molecule has 0 aliphatic heterocycles. The maximum absolute atomic E-state index is 6.00. The first kappa shape index (κ1) is 9.93. The summed E-state index contributed by atoms with van der Waals surface area (Å²) in [6, 6.07) is 7.93. The first-order valence-electron chi connectivity index (χ1n) is 4.52. The maximum Gasteiger partial charge on any atom is 0.221 e. The number of anilines is 1. The molecule has 3 nitrogen and oxygen atoms in total. The van der Waals surface area contributed by atoms with Gasteiger partial charge in [-0.05, 0) is 18.1 Å². The molecule has 0 radical (unpaired) electrons. The summed E-state index contributed by atoms with van der Waals surface area (Å²) in [6.07, 6.45) is 1.65. The van der Waals surface area contributed by atoms with Gasteiger partial charge in [-0.3, -0.25) is 0 Å². The van der Waals surface area contributed by atoms with Gasteiger partial charge in [0.15, 0.2) is 0 Å². The van der Waals surface area contributed by atoms with Gasteiger partial charge in [0.25, 0.3) is 0 Å². The third-order valence-corrected chi connectivity index (χ3v) is 2.48. The van der Waals surface area contributed by atoms with Gasteiger partial charge in [-0.25, -0.2) is 9.97 Å². The molecule has 0 unspecified atom stereocenters. The molecule has 15 heavy (non-hydrogen) atoms. The van der Waals surface area contributed by atoms with Crippen LogP contribution in [-0.4, -0.2) is 9.97 Å². The minimum Gasteiger partial charge on any atom is -0.368 e. The first-order chi connectivity index (χ1) is 7.18. The second kappa shape index (κ2) is 3.87. The minimum absolute atomic E-state index is 0.192. The zero-order valence-corrected chi connectivity index (χ0v) is 8.99. The molecule has 1 aromatic heterocycles. The van der Waals surface area contributed by atoms with Gasteiger partial charge in [-0.15, -0.1) is 0 Å². The molecule has 0 amide bonds. The van der Waals surface area contributed by atoms with Crippen molar-refractivity contribution in [2.24, 2.45) is 0 Å². The van der Waals surface area contributed by atoms with Crippen LogP contribution in [0.25, 0.3) is 11.1 Å². The Labute approximate surface area is 92.9 Å². The van der Waals surface area contributed by atoms with E-state index in [2.05, 4.69) is 9.97 Å². The normalized spacial score (nSPS) is 10.3. The summed E-state index contributed by atoms with van der Waals surface area (Å²) < 4.78 is 0.